The first-order chi connectivity index (χ1) is 11.0. The van der Waals surface area contributed by atoms with Crippen LogP contribution in [0.4, 0.5) is 0 Å². The summed E-state index contributed by atoms with van der Waals surface area (Å²) < 4.78 is 1.74. The smallest absolute Gasteiger partial charge is 0.252 e. The Balaban J connectivity index is 0.00000208. The molecule has 2 unspecified atom stereocenters. The van der Waals surface area contributed by atoms with Gasteiger partial charge in [-0.1, -0.05) is 44.2 Å². The Morgan fingerprint density at radius 2 is 2.00 bits per heavy atom. The molecule has 1 fully saturated rings. The van der Waals surface area contributed by atoms with Crippen molar-refractivity contribution in [3.63, 3.8) is 0 Å². The highest BCUT2D eigenvalue weighted by atomic mass is 35.5. The Labute approximate surface area is 149 Å². The number of nitrogens with two attached hydrogens (primary N) is 1. The fraction of sp³-hybridized carbons (Fsp3) is 0.444. The average Bonchev–Trinajstić information content (AvgIpc) is 3.05. The molecule has 2 atom stereocenters. The van der Waals surface area contributed by atoms with Crippen LogP contribution in [0, 0.1) is 5.41 Å². The summed E-state index contributed by atoms with van der Waals surface area (Å²) in [4.78, 5) is 15.1. The molecule has 1 saturated heterocycles. The summed E-state index contributed by atoms with van der Waals surface area (Å²) in [6.07, 6.45) is 4.38. The molecular formula is C18H25ClN4O. The second kappa shape index (κ2) is 7.36. The van der Waals surface area contributed by atoms with Crippen LogP contribution >= 0.6 is 12.4 Å². The molecule has 2 N–H and O–H groups in total. The molecule has 1 aromatic heterocycles. The number of piperidine rings is 1. The van der Waals surface area contributed by atoms with Crippen LogP contribution in [0.15, 0.2) is 48.8 Å². The second-order valence-corrected chi connectivity index (χ2v) is 6.94. The molecule has 0 saturated carbocycles. The summed E-state index contributed by atoms with van der Waals surface area (Å²) in [5.74, 6) is 0.0832. The molecule has 3 rings (SSSR count). The van der Waals surface area contributed by atoms with Crippen LogP contribution in [0.25, 0.3) is 0 Å². The van der Waals surface area contributed by atoms with Crippen molar-refractivity contribution in [3.05, 3.63) is 54.4 Å². The number of hydrogen-bond acceptors (Lipinski definition) is 3. The van der Waals surface area contributed by atoms with E-state index in [1.165, 1.54) is 0 Å². The van der Waals surface area contributed by atoms with E-state index in [1.54, 1.807) is 10.9 Å². The number of hydrogen-bond donors (Lipinski definition) is 1. The van der Waals surface area contributed by atoms with Crippen molar-refractivity contribution in [1.29, 1.82) is 0 Å². The quantitative estimate of drug-likeness (QED) is 0.926. The zero-order valence-electron chi connectivity index (χ0n) is 14.1. The van der Waals surface area contributed by atoms with Gasteiger partial charge in [-0.3, -0.25) is 9.48 Å². The molecule has 1 amide bonds. The van der Waals surface area contributed by atoms with Crippen LogP contribution in [0.2, 0.25) is 0 Å². The molecule has 0 radical (unpaired) electrons. The minimum absolute atomic E-state index is 0. The minimum atomic E-state index is -0.420. The number of benzene rings is 1. The molecule has 1 aliphatic rings. The summed E-state index contributed by atoms with van der Waals surface area (Å²) in [5.41, 5.74) is 7.08. The Morgan fingerprint density at radius 1 is 1.29 bits per heavy atom. The molecule has 1 aromatic carbocycles. The first-order valence-electron chi connectivity index (χ1n) is 8.07. The Bertz CT molecular complexity index is 657. The molecule has 130 valence electrons. The molecule has 5 nitrogen and oxygen atoms in total. The van der Waals surface area contributed by atoms with Crippen LogP contribution in [0.3, 0.4) is 0 Å². The average molecular weight is 349 g/mol. The van der Waals surface area contributed by atoms with Crippen LogP contribution in [0.1, 0.15) is 31.9 Å². The zero-order valence-corrected chi connectivity index (χ0v) is 14.9. The van der Waals surface area contributed by atoms with Gasteiger partial charge >= 0.3 is 0 Å². The lowest BCUT2D eigenvalue weighted by molar-refractivity contribution is -0.137. The van der Waals surface area contributed by atoms with E-state index >= 15 is 0 Å². The Kier molecular flexibility index (Phi) is 5.67. The number of carbonyl (C=O) groups is 1. The predicted octanol–water partition coefficient (Wildman–Crippen LogP) is 2.48. The van der Waals surface area contributed by atoms with Gasteiger partial charge in [0.1, 0.15) is 0 Å². The highest BCUT2D eigenvalue weighted by Crippen LogP contribution is 2.30. The van der Waals surface area contributed by atoms with Crippen molar-refractivity contribution in [2.75, 3.05) is 13.1 Å². The summed E-state index contributed by atoms with van der Waals surface area (Å²) in [5, 5.41) is 4.30. The van der Waals surface area contributed by atoms with E-state index in [0.717, 1.165) is 12.0 Å². The first-order valence-corrected chi connectivity index (χ1v) is 8.07. The van der Waals surface area contributed by atoms with E-state index < -0.39 is 6.04 Å². The summed E-state index contributed by atoms with van der Waals surface area (Å²) in [6.45, 7) is 5.64. The molecular weight excluding hydrogens is 324 g/mol. The largest absolute Gasteiger partial charge is 0.340 e. The van der Waals surface area contributed by atoms with E-state index in [1.807, 2.05) is 47.5 Å². The van der Waals surface area contributed by atoms with Crippen molar-refractivity contribution in [1.82, 2.24) is 14.7 Å². The summed E-state index contributed by atoms with van der Waals surface area (Å²) >= 11 is 0. The van der Waals surface area contributed by atoms with Gasteiger partial charge in [-0.25, -0.2) is 0 Å². The zero-order chi connectivity index (χ0) is 16.4. The topological polar surface area (TPSA) is 64.2 Å². The highest BCUT2D eigenvalue weighted by molar-refractivity contribution is 5.85. The maximum atomic E-state index is 13.2. The number of amides is 1. The van der Waals surface area contributed by atoms with Crippen molar-refractivity contribution in [2.24, 2.45) is 11.1 Å². The minimum Gasteiger partial charge on any atom is -0.340 e. The molecule has 1 aliphatic heterocycles. The van der Waals surface area contributed by atoms with Gasteiger partial charge in [0, 0.05) is 31.5 Å². The third kappa shape index (κ3) is 3.62. The van der Waals surface area contributed by atoms with Crippen molar-refractivity contribution >= 4 is 18.3 Å². The molecule has 2 heterocycles. The summed E-state index contributed by atoms with van der Waals surface area (Å²) in [6, 6.07) is 11.4. The number of aromatic nitrogens is 2. The summed E-state index contributed by atoms with van der Waals surface area (Å²) in [7, 11) is 0. The lowest BCUT2D eigenvalue weighted by Gasteiger charge is -2.43. The highest BCUT2D eigenvalue weighted by Gasteiger charge is 2.38. The maximum absolute atomic E-state index is 13.2. The number of rotatable bonds is 3. The van der Waals surface area contributed by atoms with Crippen LogP contribution < -0.4 is 5.73 Å². The van der Waals surface area contributed by atoms with Gasteiger partial charge in [-0.15, -0.1) is 12.4 Å². The third-order valence-electron chi connectivity index (χ3n) is 4.76. The van der Waals surface area contributed by atoms with Crippen molar-refractivity contribution in [3.8, 4) is 0 Å². The molecule has 2 aromatic rings. The van der Waals surface area contributed by atoms with Gasteiger partial charge in [0.15, 0.2) is 6.04 Å². The standard InChI is InChI=1S/C18H24N4O.ClH/c1-18(2)13-21(12-9-15(18)19)17(23)16(22-11-6-10-20-22)14-7-4-3-5-8-14;/h3-8,10-11,15-16H,9,12-13,19H2,1-2H3;1H. The van der Waals surface area contributed by atoms with Gasteiger partial charge in [0.2, 0.25) is 0 Å². The lowest BCUT2D eigenvalue weighted by Crippen LogP contribution is -2.55. The van der Waals surface area contributed by atoms with Gasteiger partial charge in [-0.05, 0) is 23.5 Å². The maximum Gasteiger partial charge on any atom is 0.252 e. The van der Waals surface area contributed by atoms with E-state index in [9.17, 15) is 4.79 Å². The van der Waals surface area contributed by atoms with Crippen molar-refractivity contribution < 1.29 is 4.79 Å². The molecule has 6 heteroatoms. The molecule has 0 spiro atoms. The number of nitrogens with zero attached hydrogens (tertiary/aromatic N) is 3. The number of likely N-dealkylation sites (tertiary alicyclic amines) is 1. The third-order valence-corrected chi connectivity index (χ3v) is 4.76. The van der Waals surface area contributed by atoms with Crippen molar-refractivity contribution in [2.45, 2.75) is 32.4 Å². The molecule has 24 heavy (non-hydrogen) atoms. The Morgan fingerprint density at radius 3 is 2.58 bits per heavy atom. The van der Waals surface area contributed by atoms with Gasteiger partial charge in [0.25, 0.3) is 5.91 Å². The van der Waals surface area contributed by atoms with E-state index in [4.69, 9.17) is 5.73 Å². The Hall–Kier alpha value is -1.85. The van der Waals surface area contributed by atoms with E-state index in [-0.39, 0.29) is 29.8 Å². The monoisotopic (exact) mass is 348 g/mol. The molecule has 0 aliphatic carbocycles. The predicted molar refractivity (Wildman–Crippen MR) is 97.0 cm³/mol. The van der Waals surface area contributed by atoms with Crippen LogP contribution in [0.5, 0.6) is 0 Å². The fourth-order valence-electron chi connectivity index (χ4n) is 3.21. The normalized spacial score (nSPS) is 21.0. The SMILES string of the molecule is CC1(C)CN(C(=O)C(c2ccccc2)n2cccn2)CCC1N.Cl. The van der Waals surface area contributed by atoms with Gasteiger partial charge in [-0.2, -0.15) is 5.10 Å². The second-order valence-electron chi connectivity index (χ2n) is 6.94. The number of carbonyl (C=O) groups excluding carboxylic acids is 1. The van der Waals surface area contributed by atoms with Crippen LogP contribution in [-0.2, 0) is 4.79 Å². The lowest BCUT2D eigenvalue weighted by atomic mass is 9.79. The molecule has 0 bridgehead atoms. The van der Waals surface area contributed by atoms with Crippen LogP contribution in [-0.4, -0.2) is 39.7 Å². The van der Waals surface area contributed by atoms with Gasteiger partial charge in [0.05, 0.1) is 0 Å². The number of halogens is 1. The van der Waals surface area contributed by atoms with Gasteiger partial charge < -0.3 is 10.6 Å². The first kappa shape index (κ1) is 18.5. The van der Waals surface area contributed by atoms with E-state index in [0.29, 0.717) is 13.1 Å². The van der Waals surface area contributed by atoms with E-state index in [2.05, 4.69) is 18.9 Å². The fourth-order valence-corrected chi connectivity index (χ4v) is 3.21.